The molecule has 11 heteroatoms. The molecule has 1 aromatic heterocycles. The molecule has 36 heavy (non-hydrogen) atoms. The van der Waals surface area contributed by atoms with Crippen molar-refractivity contribution in [2.75, 3.05) is 13.7 Å². The number of carbonyl (C=O) groups is 2. The van der Waals surface area contributed by atoms with Gasteiger partial charge in [-0.25, -0.2) is 14.4 Å². The molecule has 0 spiro atoms. The number of halogens is 1. The van der Waals surface area contributed by atoms with E-state index in [0.29, 0.717) is 35.1 Å². The van der Waals surface area contributed by atoms with E-state index in [2.05, 4.69) is 25.8 Å². The monoisotopic (exact) mass is 499 g/mol. The summed E-state index contributed by atoms with van der Waals surface area (Å²) in [6, 6.07) is 6.07. The number of methoxy groups -OCH3 is 1. The van der Waals surface area contributed by atoms with E-state index >= 15 is 0 Å². The molecule has 2 aromatic rings. The van der Waals surface area contributed by atoms with Gasteiger partial charge in [0.25, 0.3) is 5.91 Å². The molecule has 1 saturated carbocycles. The number of aromatic nitrogens is 2. The zero-order valence-electron chi connectivity index (χ0n) is 20.3. The first-order valence-corrected chi connectivity index (χ1v) is 12.0. The Bertz CT molecular complexity index is 1150. The lowest BCUT2D eigenvalue weighted by molar-refractivity contribution is -0.124. The third-order valence-corrected chi connectivity index (χ3v) is 6.53. The highest BCUT2D eigenvalue weighted by Gasteiger charge is 2.34. The molecule has 1 atom stereocenters. The molecule has 0 unspecified atom stereocenters. The van der Waals surface area contributed by atoms with Crippen LogP contribution >= 0.6 is 0 Å². The van der Waals surface area contributed by atoms with Gasteiger partial charge >= 0.3 is 0 Å². The number of nitrogens with one attached hydrogen (secondary N) is 2. The number of hydrogen-bond acceptors (Lipinski definition) is 8. The summed E-state index contributed by atoms with van der Waals surface area (Å²) >= 11 is 0. The van der Waals surface area contributed by atoms with Crippen LogP contribution < -0.4 is 15.4 Å². The van der Waals surface area contributed by atoms with Crippen molar-refractivity contribution in [3.05, 3.63) is 52.9 Å². The van der Waals surface area contributed by atoms with E-state index in [0.717, 1.165) is 25.7 Å². The third kappa shape index (κ3) is 6.14. The maximum absolute atomic E-state index is 13.6. The Hall–Kier alpha value is -3.60. The minimum atomic E-state index is -0.498. The summed E-state index contributed by atoms with van der Waals surface area (Å²) in [6.45, 7) is 1.39. The van der Waals surface area contributed by atoms with Crippen LogP contribution in [-0.4, -0.2) is 58.5 Å². The summed E-state index contributed by atoms with van der Waals surface area (Å²) in [5.41, 5.74) is 2.11. The molecule has 1 fully saturated rings. The number of carbonyl (C=O) groups excluding carboxylic acids is 2. The van der Waals surface area contributed by atoms with Crippen molar-refractivity contribution >= 4 is 17.5 Å². The quantitative estimate of drug-likeness (QED) is 0.506. The summed E-state index contributed by atoms with van der Waals surface area (Å²) in [6.07, 6.45) is 3.90. The summed E-state index contributed by atoms with van der Waals surface area (Å²) in [4.78, 5) is 38.6. The fourth-order valence-electron chi connectivity index (χ4n) is 4.63. The Morgan fingerprint density at radius 3 is 2.69 bits per heavy atom. The highest BCUT2D eigenvalue weighted by molar-refractivity contribution is 6.01. The van der Waals surface area contributed by atoms with Crippen LogP contribution in [0.4, 0.5) is 4.39 Å². The molecule has 4 rings (SSSR count). The molecule has 1 aliphatic heterocycles. The fourth-order valence-corrected chi connectivity index (χ4v) is 4.63. The van der Waals surface area contributed by atoms with Crippen LogP contribution in [0.2, 0.25) is 0 Å². The number of aliphatic hydroxyl groups excluding tert-OH is 1. The molecule has 0 radical (unpaired) electrons. The molecular formula is C25H30FN5O5. The largest absolute Gasteiger partial charge is 0.494 e. The molecule has 1 aromatic carbocycles. The van der Waals surface area contributed by atoms with Crippen molar-refractivity contribution in [3.63, 3.8) is 0 Å². The smallest absolute Gasteiger partial charge is 0.270 e. The molecule has 192 valence electrons. The van der Waals surface area contributed by atoms with Crippen LogP contribution in [-0.2, 0) is 16.2 Å². The zero-order chi connectivity index (χ0) is 25.7. The van der Waals surface area contributed by atoms with E-state index in [1.165, 1.54) is 19.2 Å². The van der Waals surface area contributed by atoms with Crippen molar-refractivity contribution in [1.82, 2.24) is 20.6 Å². The number of ether oxygens (including phenoxy) is 1. The van der Waals surface area contributed by atoms with Gasteiger partial charge in [-0.2, -0.15) is 0 Å². The Morgan fingerprint density at radius 2 is 1.97 bits per heavy atom. The van der Waals surface area contributed by atoms with Crippen molar-refractivity contribution in [2.24, 2.45) is 11.1 Å². The standard InChI is InChI=1S/C25H30FN5O5/c1-14-28-19(10-21(29-14)25(34)27-12-15-3-8-18(26)23(9-15)35-2)20-11-22(36-31-20)16-4-6-17(7-5-16)30-24(33)13-32/h3,8-10,16-17,22,32H,4-7,11-13H2,1-2H3,(H,27,34)(H,30,33)/t16?,17?,22-/m1/s1. The first-order chi connectivity index (χ1) is 17.4. The highest BCUT2D eigenvalue weighted by Crippen LogP contribution is 2.33. The average molecular weight is 500 g/mol. The van der Waals surface area contributed by atoms with E-state index in [9.17, 15) is 14.0 Å². The van der Waals surface area contributed by atoms with Gasteiger partial charge in [-0.1, -0.05) is 11.2 Å². The Morgan fingerprint density at radius 1 is 1.19 bits per heavy atom. The molecule has 10 nitrogen and oxygen atoms in total. The van der Waals surface area contributed by atoms with Gasteiger partial charge < -0.3 is 25.3 Å². The highest BCUT2D eigenvalue weighted by atomic mass is 19.1. The number of amides is 2. The zero-order valence-corrected chi connectivity index (χ0v) is 20.3. The lowest BCUT2D eigenvalue weighted by atomic mass is 9.81. The molecular weight excluding hydrogens is 469 g/mol. The maximum atomic E-state index is 13.6. The Balaban J connectivity index is 1.34. The molecule has 2 amide bonds. The number of hydrogen-bond donors (Lipinski definition) is 3. The summed E-state index contributed by atoms with van der Waals surface area (Å²) in [5, 5.41) is 18.8. The summed E-state index contributed by atoms with van der Waals surface area (Å²) in [7, 11) is 1.38. The number of aliphatic hydroxyl groups is 1. The predicted octanol–water partition coefficient (Wildman–Crippen LogP) is 2.02. The number of benzene rings is 1. The van der Waals surface area contributed by atoms with Crippen molar-refractivity contribution in [3.8, 4) is 5.75 Å². The van der Waals surface area contributed by atoms with Gasteiger partial charge in [-0.05, 0) is 62.3 Å². The van der Waals surface area contributed by atoms with Crippen molar-refractivity contribution in [2.45, 2.75) is 57.7 Å². The van der Waals surface area contributed by atoms with Crippen LogP contribution in [0.25, 0.3) is 0 Å². The minimum absolute atomic E-state index is 0.0734. The van der Waals surface area contributed by atoms with Crippen LogP contribution in [0.1, 0.15) is 59.7 Å². The molecule has 1 aliphatic carbocycles. The van der Waals surface area contributed by atoms with E-state index in [-0.39, 0.29) is 41.9 Å². The molecule has 3 N–H and O–H groups in total. The van der Waals surface area contributed by atoms with Gasteiger partial charge in [-0.3, -0.25) is 9.59 Å². The maximum Gasteiger partial charge on any atom is 0.270 e. The molecule has 0 saturated heterocycles. The van der Waals surface area contributed by atoms with Gasteiger partial charge in [0.05, 0.1) is 12.8 Å². The normalized spacial score (nSPS) is 21.3. The summed E-state index contributed by atoms with van der Waals surface area (Å²) < 4.78 is 18.6. The third-order valence-electron chi connectivity index (χ3n) is 6.53. The average Bonchev–Trinajstić information content (AvgIpc) is 3.38. The summed E-state index contributed by atoms with van der Waals surface area (Å²) in [5.74, 6) is -0.358. The predicted molar refractivity (Wildman–Crippen MR) is 128 cm³/mol. The van der Waals surface area contributed by atoms with Crippen LogP contribution in [0, 0.1) is 18.7 Å². The van der Waals surface area contributed by atoms with E-state index < -0.39 is 12.4 Å². The second-order valence-corrected chi connectivity index (χ2v) is 9.06. The van der Waals surface area contributed by atoms with Gasteiger partial charge in [0.2, 0.25) is 5.91 Å². The van der Waals surface area contributed by atoms with Gasteiger partial charge in [-0.15, -0.1) is 0 Å². The molecule has 0 bridgehead atoms. The first-order valence-electron chi connectivity index (χ1n) is 12.0. The van der Waals surface area contributed by atoms with E-state index in [4.69, 9.17) is 14.7 Å². The van der Waals surface area contributed by atoms with E-state index in [1.807, 2.05) is 0 Å². The lowest BCUT2D eigenvalue weighted by Gasteiger charge is -2.31. The number of aryl methyl sites for hydroxylation is 1. The fraction of sp³-hybridized carbons (Fsp3) is 0.480. The van der Waals surface area contributed by atoms with Crippen molar-refractivity contribution in [1.29, 1.82) is 0 Å². The topological polar surface area (TPSA) is 135 Å². The van der Waals surface area contributed by atoms with Gasteiger partial charge in [0.1, 0.15) is 29.9 Å². The number of rotatable bonds is 8. The number of nitrogens with zero attached hydrogens (tertiary/aromatic N) is 3. The SMILES string of the molecule is COc1cc(CNC(=O)c2cc(C3=NO[C@@H](C4CCC(NC(=O)CO)CC4)C3)nc(C)n2)ccc1F. The van der Waals surface area contributed by atoms with Crippen molar-refractivity contribution < 1.29 is 28.7 Å². The lowest BCUT2D eigenvalue weighted by Crippen LogP contribution is -2.40. The minimum Gasteiger partial charge on any atom is -0.494 e. The second-order valence-electron chi connectivity index (χ2n) is 9.06. The van der Waals surface area contributed by atoms with Gasteiger partial charge in [0, 0.05) is 19.0 Å². The van der Waals surface area contributed by atoms with Crippen LogP contribution in [0.15, 0.2) is 29.4 Å². The first kappa shape index (κ1) is 25.5. The van der Waals surface area contributed by atoms with E-state index in [1.54, 1.807) is 19.1 Å². The van der Waals surface area contributed by atoms with Crippen LogP contribution in [0.5, 0.6) is 5.75 Å². The second kappa shape index (κ2) is 11.4. The van der Waals surface area contributed by atoms with Gasteiger partial charge in [0.15, 0.2) is 11.6 Å². The Labute approximate surface area is 208 Å². The molecule has 2 heterocycles. The Kier molecular flexibility index (Phi) is 8.09. The van der Waals surface area contributed by atoms with Crippen LogP contribution in [0.3, 0.4) is 0 Å². The number of oxime groups is 1. The molecule has 2 aliphatic rings.